The smallest absolute Gasteiger partial charge is 0.408 e. The number of rotatable bonds is 13. The second-order valence-corrected chi connectivity index (χ2v) is 9.39. The van der Waals surface area contributed by atoms with E-state index in [2.05, 4.69) is 39.8 Å². The summed E-state index contributed by atoms with van der Waals surface area (Å²) in [4.78, 5) is 39.5. The molecule has 2 N–H and O–H groups in total. The first kappa shape index (κ1) is 28.2. The number of carbonyl (C=O) groups is 3. The van der Waals surface area contributed by atoms with Crippen LogP contribution in [0.25, 0.3) is 0 Å². The third kappa shape index (κ3) is 10.6. The number of esters is 1. The molecule has 2 amide bonds. The number of nitrogens with one attached hydrogen (secondary N) is 2. The molecule has 0 saturated carbocycles. The molecule has 1 aliphatic rings. The number of carbonyl (C=O) groups excluding carboxylic acids is 3. The Morgan fingerprint density at radius 2 is 1.59 bits per heavy atom. The molecule has 2 aromatic rings. The van der Waals surface area contributed by atoms with Crippen molar-refractivity contribution >= 4 is 18.0 Å². The maximum Gasteiger partial charge on any atom is 0.408 e. The number of hydrogen-bond acceptors (Lipinski definition) is 6. The fourth-order valence-electron chi connectivity index (χ4n) is 4.47. The lowest BCUT2D eigenvalue weighted by Crippen LogP contribution is -2.47. The molecule has 8 nitrogen and oxygen atoms in total. The van der Waals surface area contributed by atoms with Crippen LogP contribution in [0, 0.1) is 5.92 Å². The summed E-state index contributed by atoms with van der Waals surface area (Å²) in [7, 11) is 0. The van der Waals surface area contributed by atoms with Gasteiger partial charge in [0.15, 0.2) is 0 Å². The van der Waals surface area contributed by atoms with Crippen molar-refractivity contribution < 1.29 is 23.9 Å². The first-order valence-electron chi connectivity index (χ1n) is 13.2. The zero-order valence-electron chi connectivity index (χ0n) is 21.7. The van der Waals surface area contributed by atoms with Crippen molar-refractivity contribution in [3.63, 3.8) is 0 Å². The number of ether oxygens (including phenoxy) is 2. The van der Waals surface area contributed by atoms with Gasteiger partial charge in [-0.2, -0.15) is 0 Å². The van der Waals surface area contributed by atoms with E-state index in [1.807, 2.05) is 36.4 Å². The van der Waals surface area contributed by atoms with Crippen LogP contribution in [0.2, 0.25) is 0 Å². The number of benzene rings is 2. The molecule has 0 aliphatic carbocycles. The summed E-state index contributed by atoms with van der Waals surface area (Å²) >= 11 is 0. The maximum atomic E-state index is 12.9. The zero-order chi connectivity index (χ0) is 26.3. The number of alkyl carbamates (subject to hydrolysis) is 1. The van der Waals surface area contributed by atoms with Crippen molar-refractivity contribution in [3.05, 3.63) is 71.8 Å². The van der Waals surface area contributed by atoms with E-state index in [-0.39, 0.29) is 32.0 Å². The number of likely N-dealkylation sites (tertiary alicyclic amines) is 1. The van der Waals surface area contributed by atoms with Gasteiger partial charge in [0.25, 0.3) is 0 Å². The number of amides is 2. The highest BCUT2D eigenvalue weighted by atomic mass is 16.5. The Labute approximate surface area is 219 Å². The summed E-state index contributed by atoms with van der Waals surface area (Å²) in [5, 5.41) is 5.56. The fourth-order valence-corrected chi connectivity index (χ4v) is 4.47. The van der Waals surface area contributed by atoms with E-state index < -0.39 is 18.1 Å². The summed E-state index contributed by atoms with van der Waals surface area (Å²) in [5.41, 5.74) is 2.18. The van der Waals surface area contributed by atoms with Crippen LogP contribution in [-0.2, 0) is 32.2 Å². The molecule has 1 heterocycles. The lowest BCUT2D eigenvalue weighted by atomic mass is 9.93. The molecule has 37 heavy (non-hydrogen) atoms. The first-order chi connectivity index (χ1) is 18.0. The first-order valence-corrected chi connectivity index (χ1v) is 13.2. The molecule has 1 saturated heterocycles. The van der Waals surface area contributed by atoms with Gasteiger partial charge in [0.2, 0.25) is 5.91 Å². The van der Waals surface area contributed by atoms with Crippen LogP contribution < -0.4 is 10.6 Å². The topological polar surface area (TPSA) is 97.0 Å². The van der Waals surface area contributed by atoms with Gasteiger partial charge in [-0.25, -0.2) is 4.79 Å². The van der Waals surface area contributed by atoms with Gasteiger partial charge >= 0.3 is 12.1 Å². The second-order valence-electron chi connectivity index (χ2n) is 9.39. The third-order valence-corrected chi connectivity index (χ3v) is 6.57. The van der Waals surface area contributed by atoms with Crippen LogP contribution >= 0.6 is 0 Å². The Kier molecular flexibility index (Phi) is 11.9. The van der Waals surface area contributed by atoms with Crippen molar-refractivity contribution in [1.82, 2.24) is 15.5 Å². The van der Waals surface area contributed by atoms with Crippen molar-refractivity contribution in [2.45, 2.75) is 58.2 Å². The maximum absolute atomic E-state index is 12.9. The van der Waals surface area contributed by atoms with Crippen LogP contribution in [0.5, 0.6) is 0 Å². The fraction of sp³-hybridized carbons (Fsp3) is 0.483. The van der Waals surface area contributed by atoms with Crippen LogP contribution in [0.1, 0.15) is 50.2 Å². The van der Waals surface area contributed by atoms with Crippen LogP contribution in [0.3, 0.4) is 0 Å². The summed E-state index contributed by atoms with van der Waals surface area (Å²) in [6.45, 7) is 5.69. The standard InChI is InChI=1S/C29H39N3O5/c1-2-36-27(33)14-13-26(31-29(35)37-22-25-11-7-4-8-12-25)28(34)30-18-15-23-16-19-32(20-17-23)21-24-9-5-3-6-10-24/h3-12,23,26H,2,13-22H2,1H3,(H,30,34)(H,31,35)/t26-/m0/s1. The molecule has 0 bridgehead atoms. The molecule has 3 rings (SSSR count). The van der Waals surface area contributed by atoms with Crippen molar-refractivity contribution in [2.24, 2.45) is 5.92 Å². The average Bonchev–Trinajstić information content (AvgIpc) is 2.92. The van der Waals surface area contributed by atoms with E-state index in [1.165, 1.54) is 5.56 Å². The minimum Gasteiger partial charge on any atom is -0.466 e. The molecule has 1 atom stereocenters. The molecule has 1 fully saturated rings. The van der Waals surface area contributed by atoms with Gasteiger partial charge in [0.05, 0.1) is 6.61 Å². The van der Waals surface area contributed by atoms with Gasteiger partial charge in [0.1, 0.15) is 12.6 Å². The summed E-state index contributed by atoms with van der Waals surface area (Å²) in [6.07, 6.45) is 2.55. The quantitative estimate of drug-likeness (QED) is 0.396. The van der Waals surface area contributed by atoms with Gasteiger partial charge in [-0.05, 0) is 62.7 Å². The van der Waals surface area contributed by atoms with E-state index in [1.54, 1.807) is 6.92 Å². The Balaban J connectivity index is 1.41. The van der Waals surface area contributed by atoms with Crippen LogP contribution in [-0.4, -0.2) is 55.2 Å². The Bertz CT molecular complexity index is 962. The normalized spacial score (nSPS) is 14.9. The molecule has 200 valence electrons. The van der Waals surface area contributed by atoms with Crippen LogP contribution in [0.15, 0.2) is 60.7 Å². The minimum atomic E-state index is -0.875. The predicted octanol–water partition coefficient (Wildman–Crippen LogP) is 4.04. The predicted molar refractivity (Wildman–Crippen MR) is 141 cm³/mol. The Morgan fingerprint density at radius 3 is 2.24 bits per heavy atom. The van der Waals surface area contributed by atoms with Crippen molar-refractivity contribution in [3.8, 4) is 0 Å². The highest BCUT2D eigenvalue weighted by Gasteiger charge is 2.24. The molecule has 0 unspecified atom stereocenters. The highest BCUT2D eigenvalue weighted by molar-refractivity contribution is 5.86. The third-order valence-electron chi connectivity index (χ3n) is 6.57. The molecule has 0 aromatic heterocycles. The summed E-state index contributed by atoms with van der Waals surface area (Å²) in [6, 6.07) is 18.9. The summed E-state index contributed by atoms with van der Waals surface area (Å²) in [5.74, 6) is -0.168. The van der Waals surface area contributed by atoms with Crippen molar-refractivity contribution in [1.29, 1.82) is 0 Å². The molecule has 8 heteroatoms. The SMILES string of the molecule is CCOC(=O)CC[C@H](NC(=O)OCc1ccccc1)C(=O)NCCC1CCN(Cc2ccccc2)CC1. The molecular weight excluding hydrogens is 470 g/mol. The molecule has 0 spiro atoms. The van der Waals surface area contributed by atoms with E-state index in [0.29, 0.717) is 12.5 Å². The van der Waals surface area contributed by atoms with Gasteiger partial charge in [0, 0.05) is 19.5 Å². The summed E-state index contributed by atoms with van der Waals surface area (Å²) < 4.78 is 10.2. The van der Waals surface area contributed by atoms with Gasteiger partial charge in [-0.15, -0.1) is 0 Å². The Hall–Kier alpha value is -3.39. The molecule has 1 aliphatic heterocycles. The highest BCUT2D eigenvalue weighted by Crippen LogP contribution is 2.21. The van der Waals surface area contributed by atoms with Crippen molar-refractivity contribution in [2.75, 3.05) is 26.2 Å². The molecule has 2 aromatic carbocycles. The van der Waals surface area contributed by atoms with E-state index in [9.17, 15) is 14.4 Å². The average molecular weight is 510 g/mol. The number of nitrogens with zero attached hydrogens (tertiary/aromatic N) is 1. The van der Waals surface area contributed by atoms with E-state index in [4.69, 9.17) is 9.47 Å². The Morgan fingerprint density at radius 1 is 0.946 bits per heavy atom. The lowest BCUT2D eigenvalue weighted by molar-refractivity contribution is -0.143. The van der Waals surface area contributed by atoms with E-state index >= 15 is 0 Å². The molecular formula is C29H39N3O5. The van der Waals surface area contributed by atoms with Crippen LogP contribution in [0.4, 0.5) is 4.79 Å². The molecule has 0 radical (unpaired) electrons. The number of hydrogen-bond donors (Lipinski definition) is 2. The van der Waals surface area contributed by atoms with Gasteiger partial charge < -0.3 is 20.1 Å². The second kappa shape index (κ2) is 15.7. The number of piperidine rings is 1. The zero-order valence-corrected chi connectivity index (χ0v) is 21.7. The largest absolute Gasteiger partial charge is 0.466 e. The lowest BCUT2D eigenvalue weighted by Gasteiger charge is -2.32. The van der Waals surface area contributed by atoms with E-state index in [0.717, 1.165) is 44.5 Å². The van der Waals surface area contributed by atoms with Gasteiger partial charge in [-0.1, -0.05) is 60.7 Å². The minimum absolute atomic E-state index is 0.0325. The van der Waals surface area contributed by atoms with Gasteiger partial charge in [-0.3, -0.25) is 14.5 Å². The monoisotopic (exact) mass is 509 g/mol.